The second kappa shape index (κ2) is 5.74. The average Bonchev–Trinajstić information content (AvgIpc) is 2.76. The number of hydrogen-bond acceptors (Lipinski definition) is 3. The molecule has 0 aliphatic heterocycles. The summed E-state index contributed by atoms with van der Waals surface area (Å²) in [5, 5.41) is 0. The van der Waals surface area contributed by atoms with E-state index in [0.29, 0.717) is 0 Å². The van der Waals surface area contributed by atoms with E-state index in [0.717, 1.165) is 11.0 Å². The highest BCUT2D eigenvalue weighted by Crippen LogP contribution is 2.05. The predicted molar refractivity (Wildman–Crippen MR) is 49.3 cm³/mol. The number of carbonyl (C=O) groups excluding carboxylic acids is 1. The molecule has 1 N–H and O–H groups in total. The standard InChI is InChI=1S/C7H6N2.C2HF3O2/c1-2-6-7(8-4-1)3-5-9-6;3-1(4)2(6)7-5/h1-5,9H;1H. The molecule has 0 bridgehead atoms. The molecule has 0 aliphatic carbocycles. The number of alkyl halides is 2. The first-order valence-corrected chi connectivity index (χ1v) is 4.14. The number of pyridine rings is 1. The van der Waals surface area contributed by atoms with E-state index in [9.17, 15) is 13.3 Å². The number of hydrogen-bond donors (Lipinski definition) is 1. The first-order chi connectivity index (χ1) is 7.65. The molecule has 7 heteroatoms. The normalized spacial score (nSPS) is 9.75. The highest BCUT2D eigenvalue weighted by molar-refractivity contribution is 5.74. The molecule has 86 valence electrons. The number of carbonyl (C=O) groups is 1. The van der Waals surface area contributed by atoms with Gasteiger partial charge in [-0.25, -0.2) is 9.74 Å². The third-order valence-electron chi connectivity index (χ3n) is 1.57. The van der Waals surface area contributed by atoms with E-state index in [-0.39, 0.29) is 0 Å². The molecule has 0 radical (unpaired) electrons. The van der Waals surface area contributed by atoms with Crippen molar-refractivity contribution in [3.63, 3.8) is 0 Å². The lowest BCUT2D eigenvalue weighted by molar-refractivity contribution is -0.196. The molecule has 16 heavy (non-hydrogen) atoms. The Morgan fingerprint density at radius 2 is 2.19 bits per heavy atom. The van der Waals surface area contributed by atoms with Gasteiger partial charge in [-0.2, -0.15) is 8.78 Å². The highest BCUT2D eigenvalue weighted by atomic mass is 19.3. The van der Waals surface area contributed by atoms with Gasteiger partial charge in [0.2, 0.25) is 0 Å². The lowest BCUT2D eigenvalue weighted by Gasteiger charge is -1.85. The molecule has 0 amide bonds. The zero-order valence-corrected chi connectivity index (χ0v) is 7.86. The molecular formula is C9H7F3N2O2. The van der Waals surface area contributed by atoms with Crippen molar-refractivity contribution in [2.45, 2.75) is 6.43 Å². The maximum Gasteiger partial charge on any atom is 0.414 e. The van der Waals surface area contributed by atoms with Gasteiger partial charge in [-0.3, -0.25) is 4.98 Å². The van der Waals surface area contributed by atoms with Gasteiger partial charge in [0.25, 0.3) is 0 Å². The van der Waals surface area contributed by atoms with Crippen LogP contribution in [-0.2, 0) is 9.74 Å². The van der Waals surface area contributed by atoms with Gasteiger partial charge in [-0.05, 0) is 18.2 Å². The molecule has 2 rings (SSSR count). The quantitative estimate of drug-likeness (QED) is 0.820. The summed E-state index contributed by atoms with van der Waals surface area (Å²) in [5.41, 5.74) is 2.12. The zero-order valence-electron chi connectivity index (χ0n) is 7.86. The second-order valence-electron chi connectivity index (χ2n) is 2.61. The molecule has 0 saturated heterocycles. The summed E-state index contributed by atoms with van der Waals surface area (Å²) < 4.78 is 31.7. The number of fused-ring (bicyclic) bond motifs is 1. The molecule has 0 aliphatic rings. The lowest BCUT2D eigenvalue weighted by atomic mass is 10.4. The lowest BCUT2D eigenvalue weighted by Crippen LogP contribution is -2.08. The van der Waals surface area contributed by atoms with E-state index in [1.807, 2.05) is 24.4 Å². The fourth-order valence-electron chi connectivity index (χ4n) is 0.916. The molecule has 0 unspecified atom stereocenters. The Morgan fingerprint density at radius 1 is 1.44 bits per heavy atom. The van der Waals surface area contributed by atoms with Crippen molar-refractivity contribution in [3.05, 3.63) is 30.6 Å². The summed E-state index contributed by atoms with van der Waals surface area (Å²) >= 11 is 0. The van der Waals surface area contributed by atoms with Crippen LogP contribution in [0.25, 0.3) is 11.0 Å². The SMILES string of the molecule is O=C(OF)C(F)F.c1cnc2cc[nH]c2c1. The fourth-order valence-corrected chi connectivity index (χ4v) is 0.916. The molecule has 2 aromatic rings. The van der Waals surface area contributed by atoms with Crippen LogP contribution in [0.3, 0.4) is 0 Å². The Morgan fingerprint density at radius 3 is 2.69 bits per heavy atom. The third kappa shape index (κ3) is 3.26. The van der Waals surface area contributed by atoms with Crippen molar-refractivity contribution in [1.82, 2.24) is 9.97 Å². The van der Waals surface area contributed by atoms with E-state index in [1.165, 1.54) is 0 Å². The van der Waals surface area contributed by atoms with Crippen LogP contribution in [0.4, 0.5) is 13.3 Å². The highest BCUT2D eigenvalue weighted by Gasteiger charge is 2.16. The molecule has 0 aromatic carbocycles. The number of aromatic amines is 1. The number of nitrogens with one attached hydrogen (secondary N) is 1. The second-order valence-corrected chi connectivity index (χ2v) is 2.61. The summed E-state index contributed by atoms with van der Waals surface area (Å²) in [6, 6.07) is 5.87. The molecule has 0 fully saturated rings. The van der Waals surface area contributed by atoms with Gasteiger partial charge in [0.1, 0.15) is 0 Å². The van der Waals surface area contributed by atoms with Gasteiger partial charge in [-0.15, -0.1) is 0 Å². The van der Waals surface area contributed by atoms with E-state index in [2.05, 4.69) is 14.9 Å². The number of rotatable bonds is 1. The zero-order chi connectivity index (χ0) is 12.0. The Balaban J connectivity index is 0.000000168. The molecular weight excluding hydrogens is 225 g/mol. The predicted octanol–water partition coefficient (Wildman–Crippen LogP) is 2.24. The monoisotopic (exact) mass is 232 g/mol. The Labute approximate surface area is 87.9 Å². The number of nitrogens with zero attached hydrogens (tertiary/aromatic N) is 1. The minimum Gasteiger partial charge on any atom is -0.360 e. The molecule has 0 spiro atoms. The molecule has 2 heterocycles. The third-order valence-corrected chi connectivity index (χ3v) is 1.57. The Kier molecular flexibility index (Phi) is 4.31. The fraction of sp³-hybridized carbons (Fsp3) is 0.111. The van der Waals surface area contributed by atoms with Crippen LogP contribution >= 0.6 is 0 Å². The largest absolute Gasteiger partial charge is 0.414 e. The van der Waals surface area contributed by atoms with E-state index in [1.54, 1.807) is 6.20 Å². The Bertz CT molecular complexity index is 428. The van der Waals surface area contributed by atoms with E-state index in [4.69, 9.17) is 4.79 Å². The first kappa shape index (κ1) is 12.0. The summed E-state index contributed by atoms with van der Waals surface area (Å²) in [5.74, 6) is -2.15. The van der Waals surface area contributed by atoms with Crippen LogP contribution in [0.1, 0.15) is 0 Å². The van der Waals surface area contributed by atoms with Crippen LogP contribution in [0.15, 0.2) is 30.6 Å². The number of halogens is 3. The number of aromatic nitrogens is 2. The van der Waals surface area contributed by atoms with Crippen LogP contribution in [-0.4, -0.2) is 22.4 Å². The van der Waals surface area contributed by atoms with Crippen LogP contribution in [0.2, 0.25) is 0 Å². The van der Waals surface area contributed by atoms with Crippen LogP contribution in [0.5, 0.6) is 0 Å². The molecule has 2 aromatic heterocycles. The van der Waals surface area contributed by atoms with Gasteiger partial charge in [0.15, 0.2) is 0 Å². The minimum atomic E-state index is -3.37. The van der Waals surface area contributed by atoms with Gasteiger partial charge >= 0.3 is 12.4 Å². The summed E-state index contributed by atoms with van der Waals surface area (Å²) in [6.45, 7) is 0. The smallest absolute Gasteiger partial charge is 0.360 e. The summed E-state index contributed by atoms with van der Waals surface area (Å²) in [6.07, 6.45) is 0.304. The van der Waals surface area contributed by atoms with Crippen molar-refractivity contribution in [2.75, 3.05) is 0 Å². The first-order valence-electron chi connectivity index (χ1n) is 4.14. The summed E-state index contributed by atoms with van der Waals surface area (Å²) in [7, 11) is 0. The maximum atomic E-state index is 10.7. The van der Waals surface area contributed by atoms with Gasteiger partial charge < -0.3 is 4.98 Å². The van der Waals surface area contributed by atoms with Gasteiger partial charge in [0.05, 0.1) is 11.0 Å². The van der Waals surface area contributed by atoms with Crippen molar-refractivity contribution in [2.24, 2.45) is 0 Å². The minimum absolute atomic E-state index is 1.03. The van der Waals surface area contributed by atoms with Crippen molar-refractivity contribution >= 4 is 17.0 Å². The van der Waals surface area contributed by atoms with Gasteiger partial charge in [0, 0.05) is 16.9 Å². The van der Waals surface area contributed by atoms with Crippen molar-refractivity contribution in [3.8, 4) is 0 Å². The molecule has 0 saturated carbocycles. The van der Waals surface area contributed by atoms with E-state index >= 15 is 0 Å². The van der Waals surface area contributed by atoms with Crippen LogP contribution in [0, 0.1) is 0 Å². The summed E-state index contributed by atoms with van der Waals surface area (Å²) in [4.78, 5) is 18.5. The van der Waals surface area contributed by atoms with Crippen LogP contribution < -0.4 is 0 Å². The average molecular weight is 232 g/mol. The molecule has 4 nitrogen and oxygen atoms in total. The van der Waals surface area contributed by atoms with E-state index < -0.39 is 12.4 Å². The van der Waals surface area contributed by atoms with Gasteiger partial charge in [-0.1, -0.05) is 0 Å². The Hall–Kier alpha value is -2.05. The molecule has 0 atom stereocenters. The maximum absolute atomic E-state index is 10.7. The van der Waals surface area contributed by atoms with Crippen molar-refractivity contribution < 1.29 is 23.0 Å². The number of H-pyrrole nitrogens is 1. The van der Waals surface area contributed by atoms with Crippen molar-refractivity contribution in [1.29, 1.82) is 0 Å². The topological polar surface area (TPSA) is 55.0 Å².